The van der Waals surface area contributed by atoms with Gasteiger partial charge in [-0.3, -0.25) is 5.41 Å². The van der Waals surface area contributed by atoms with Gasteiger partial charge in [0.2, 0.25) is 0 Å². The van der Waals surface area contributed by atoms with Gasteiger partial charge >= 0.3 is 0 Å². The van der Waals surface area contributed by atoms with Crippen molar-refractivity contribution in [3.63, 3.8) is 0 Å². The summed E-state index contributed by atoms with van der Waals surface area (Å²) in [6, 6.07) is 52.5. The van der Waals surface area contributed by atoms with E-state index in [1.165, 1.54) is 0 Å². The van der Waals surface area contributed by atoms with E-state index >= 15 is 0 Å². The number of hydrogen-bond acceptors (Lipinski definition) is 4. The molecule has 1 atom stereocenters. The van der Waals surface area contributed by atoms with Crippen LogP contribution in [-0.4, -0.2) is 23.6 Å². The second-order valence-electron chi connectivity index (χ2n) is 16.7. The third kappa shape index (κ3) is 10.1. The Morgan fingerprint density at radius 1 is 0.735 bits per heavy atom. The van der Waals surface area contributed by atoms with Crippen molar-refractivity contribution in [2.75, 3.05) is 17.3 Å². The van der Waals surface area contributed by atoms with Gasteiger partial charge in [-0.1, -0.05) is 190 Å². The van der Waals surface area contributed by atoms with E-state index in [0.29, 0.717) is 11.4 Å². The van der Waals surface area contributed by atoms with Crippen molar-refractivity contribution in [3.8, 4) is 0 Å². The summed E-state index contributed by atoms with van der Waals surface area (Å²) < 4.78 is 6.37. The molecule has 1 aliphatic heterocycles. The third-order valence-corrected chi connectivity index (χ3v) is 11.9. The number of anilines is 2. The van der Waals surface area contributed by atoms with E-state index in [1.807, 2.05) is 146 Å². The van der Waals surface area contributed by atoms with Gasteiger partial charge in [0.25, 0.3) is 0 Å². The van der Waals surface area contributed by atoms with E-state index in [2.05, 4.69) is 128 Å². The van der Waals surface area contributed by atoms with Crippen molar-refractivity contribution >= 4 is 50.6 Å². The number of benzene rings is 6. The Morgan fingerprint density at radius 2 is 1.37 bits per heavy atom. The van der Waals surface area contributed by atoms with Crippen LogP contribution in [0.25, 0.3) is 27.5 Å². The van der Waals surface area contributed by atoms with E-state index in [0.717, 1.165) is 83.8 Å². The zero-order valence-corrected chi connectivity index (χ0v) is 38.9. The molecule has 334 valence electrons. The summed E-state index contributed by atoms with van der Waals surface area (Å²) in [7, 11) is 1.96. The lowest BCUT2D eigenvalue weighted by Gasteiger charge is -2.31. The highest BCUT2D eigenvalue weighted by Gasteiger charge is 2.27. The summed E-state index contributed by atoms with van der Waals surface area (Å²) in [5.74, 6) is 0.681. The monoisotopic (exact) mass is 885 g/mol. The lowest BCUT2D eigenvalue weighted by Crippen LogP contribution is -2.25. The summed E-state index contributed by atoms with van der Waals surface area (Å²) in [5, 5.41) is 15.0. The highest BCUT2D eigenvalue weighted by atomic mass is 16.3. The highest BCUT2D eigenvalue weighted by molar-refractivity contribution is 6.13. The van der Waals surface area contributed by atoms with Gasteiger partial charge in [-0.05, 0) is 84.7 Å². The molecule has 7 aromatic rings. The Balaban J connectivity index is 1.30. The van der Waals surface area contributed by atoms with E-state index in [4.69, 9.17) is 9.41 Å². The first-order chi connectivity index (χ1) is 33.1. The fourth-order valence-corrected chi connectivity index (χ4v) is 8.52. The van der Waals surface area contributed by atoms with Gasteiger partial charge in [0.05, 0.1) is 0 Å². The topological polar surface area (TPSA) is 67.9 Å². The van der Waals surface area contributed by atoms with Crippen molar-refractivity contribution in [2.45, 2.75) is 19.3 Å². The Labute approximate surface area is 400 Å². The number of amidine groups is 2. The highest BCUT2D eigenvalue weighted by Crippen LogP contribution is 2.39. The van der Waals surface area contributed by atoms with Crippen LogP contribution in [-0.2, 0) is 5.41 Å². The molecule has 1 aliphatic rings. The standard InChI is InChI=1S/C62H55N5O/c1-8-10-24-51(43-66(7)61(65-60(63)48-27-16-12-17-28-48)49-37-38-55-54-31-20-23-34-58(54)68-59(55)41-49)50-36-35-44(3)67(52-29-18-13-19-30-52)45(4)39-40-62(6,42-50)56-32-21-22-33-57(56)64-46(5)53(9-2)47-25-14-11-15-26-47/h8-43,63-64H,1,3-5H2,2,6-7H3/b24-10-,36-35?,40-39-,50-42?,51-43+,53-9+,63-60?,65-61?. The average molecular weight is 886 g/mol. The van der Waals surface area contributed by atoms with Crippen molar-refractivity contribution in [1.29, 1.82) is 5.41 Å². The van der Waals surface area contributed by atoms with Crippen LogP contribution in [0.5, 0.6) is 0 Å². The SMILES string of the molecule is C=C/C=C\C(=C/N(C)C(=NC(=N)c1ccccc1)c1ccc2c(c1)oc1ccccc12)C1=CC(C)(c2ccccc2NC(=C)/C(=C\C)c2ccccc2)/C=C\C(=C)N(c2ccccc2)C(=C)C=C1. The van der Waals surface area contributed by atoms with Crippen LogP contribution in [0.15, 0.2) is 283 Å². The zero-order valence-electron chi connectivity index (χ0n) is 38.9. The molecule has 1 aromatic heterocycles. The van der Waals surface area contributed by atoms with E-state index in [1.54, 1.807) is 6.08 Å². The fourth-order valence-electron chi connectivity index (χ4n) is 8.52. The number of para-hydroxylation sites is 3. The molecule has 1 unspecified atom stereocenters. The van der Waals surface area contributed by atoms with E-state index in [-0.39, 0.29) is 5.84 Å². The first-order valence-corrected chi connectivity index (χ1v) is 22.6. The molecule has 6 heteroatoms. The molecular formula is C62H55N5O. The summed E-state index contributed by atoms with van der Waals surface area (Å²) in [4.78, 5) is 9.07. The van der Waals surface area contributed by atoms with Gasteiger partial charge in [0.1, 0.15) is 17.0 Å². The van der Waals surface area contributed by atoms with Crippen LogP contribution in [0.3, 0.4) is 0 Å². The minimum Gasteiger partial charge on any atom is -0.456 e. The predicted molar refractivity (Wildman–Crippen MR) is 289 cm³/mol. The fraction of sp³-hybridized carbons (Fsp3) is 0.0645. The molecule has 0 radical (unpaired) electrons. The number of fused-ring (bicyclic) bond motifs is 3. The summed E-state index contributed by atoms with van der Waals surface area (Å²) in [6.07, 6.45) is 20.5. The normalized spacial score (nSPS) is 16.5. The molecule has 0 bridgehead atoms. The third-order valence-electron chi connectivity index (χ3n) is 11.9. The van der Waals surface area contributed by atoms with Crippen LogP contribution < -0.4 is 10.2 Å². The second kappa shape index (κ2) is 20.6. The molecule has 68 heavy (non-hydrogen) atoms. The van der Waals surface area contributed by atoms with Crippen LogP contribution in [0.4, 0.5) is 11.4 Å². The maximum Gasteiger partial charge on any atom is 0.154 e. The Hall–Kier alpha value is -8.74. The number of nitrogens with one attached hydrogen (secondary N) is 2. The molecular weight excluding hydrogens is 831 g/mol. The lowest BCUT2D eigenvalue weighted by atomic mass is 9.78. The van der Waals surface area contributed by atoms with Crippen molar-refractivity contribution in [3.05, 3.63) is 295 Å². The van der Waals surface area contributed by atoms with Crippen LogP contribution in [0.2, 0.25) is 0 Å². The number of nitrogens with zero attached hydrogens (tertiary/aromatic N) is 3. The minimum atomic E-state index is -0.741. The van der Waals surface area contributed by atoms with Gasteiger partial charge in [0.15, 0.2) is 5.84 Å². The summed E-state index contributed by atoms with van der Waals surface area (Å²) in [6.45, 7) is 21.9. The van der Waals surface area contributed by atoms with Crippen molar-refractivity contribution in [1.82, 2.24) is 4.90 Å². The lowest BCUT2D eigenvalue weighted by molar-refractivity contribution is 0.667. The Kier molecular flexibility index (Phi) is 13.9. The quantitative estimate of drug-likeness (QED) is 0.0729. The van der Waals surface area contributed by atoms with Crippen LogP contribution in [0.1, 0.15) is 36.1 Å². The van der Waals surface area contributed by atoms with Crippen molar-refractivity contribution in [2.24, 2.45) is 4.99 Å². The molecule has 0 saturated carbocycles. The molecule has 0 aliphatic carbocycles. The molecule has 0 fully saturated rings. The molecule has 6 aromatic carbocycles. The van der Waals surface area contributed by atoms with Gasteiger partial charge in [-0.2, -0.15) is 0 Å². The first-order valence-electron chi connectivity index (χ1n) is 22.6. The van der Waals surface area contributed by atoms with Crippen LogP contribution in [0, 0.1) is 5.41 Å². The Bertz CT molecular complexity index is 3270. The minimum absolute atomic E-state index is 0.126. The predicted octanol–water partition coefficient (Wildman–Crippen LogP) is 15.5. The molecule has 0 saturated heterocycles. The van der Waals surface area contributed by atoms with Gasteiger partial charge < -0.3 is 19.5 Å². The van der Waals surface area contributed by atoms with Crippen LogP contribution >= 0.6 is 0 Å². The maximum atomic E-state index is 9.22. The number of aliphatic imine (C=N–C) groups is 1. The van der Waals surface area contributed by atoms with Crippen molar-refractivity contribution < 1.29 is 4.42 Å². The van der Waals surface area contributed by atoms with Gasteiger partial charge in [-0.15, -0.1) is 0 Å². The summed E-state index contributed by atoms with van der Waals surface area (Å²) >= 11 is 0. The molecule has 0 amide bonds. The van der Waals surface area contributed by atoms with E-state index < -0.39 is 5.41 Å². The zero-order chi connectivity index (χ0) is 47.6. The largest absolute Gasteiger partial charge is 0.456 e. The number of allylic oxidation sites excluding steroid dienone is 12. The number of furan rings is 1. The van der Waals surface area contributed by atoms with E-state index in [9.17, 15) is 5.41 Å². The summed E-state index contributed by atoms with van der Waals surface area (Å²) in [5.41, 5.74) is 11.2. The molecule has 2 heterocycles. The second-order valence-corrected chi connectivity index (χ2v) is 16.7. The number of hydrogen-bond donors (Lipinski definition) is 2. The maximum absolute atomic E-state index is 9.22. The molecule has 0 spiro atoms. The average Bonchev–Trinajstić information content (AvgIpc) is 3.74. The number of rotatable bonds is 12. The van der Waals surface area contributed by atoms with Gasteiger partial charge in [-0.25, -0.2) is 4.99 Å². The van der Waals surface area contributed by atoms with Gasteiger partial charge in [0, 0.05) is 74.6 Å². The molecule has 8 rings (SSSR count). The molecule has 2 N–H and O–H groups in total. The smallest absolute Gasteiger partial charge is 0.154 e. The first kappa shape index (κ1) is 45.8. The Morgan fingerprint density at radius 3 is 2.09 bits per heavy atom. The molecule has 6 nitrogen and oxygen atoms in total.